The zero-order valence-corrected chi connectivity index (χ0v) is 12.0. The van der Waals surface area contributed by atoms with Gasteiger partial charge in [0.25, 0.3) is 5.91 Å². The molecule has 2 aliphatic rings. The Bertz CT molecular complexity index is 559. The van der Waals surface area contributed by atoms with Gasteiger partial charge in [0, 0.05) is 18.1 Å². The molecule has 20 heavy (non-hydrogen) atoms. The minimum absolute atomic E-state index is 0.00381. The third kappa shape index (κ3) is 2.40. The molecule has 1 aliphatic heterocycles. The molecule has 1 aromatic rings. The summed E-state index contributed by atoms with van der Waals surface area (Å²) in [6.07, 6.45) is 5.36. The quantitative estimate of drug-likeness (QED) is 0.919. The number of amides is 1. The van der Waals surface area contributed by atoms with Gasteiger partial charge in [0.05, 0.1) is 10.9 Å². The Morgan fingerprint density at radius 1 is 1.40 bits per heavy atom. The van der Waals surface area contributed by atoms with Crippen LogP contribution >= 0.6 is 11.8 Å². The van der Waals surface area contributed by atoms with Gasteiger partial charge in [0.2, 0.25) is 0 Å². The number of nitrogens with zero attached hydrogens (tertiary/aromatic N) is 2. The predicted octanol–water partition coefficient (Wildman–Crippen LogP) is 1.77. The van der Waals surface area contributed by atoms with Gasteiger partial charge < -0.3 is 10.0 Å². The molecule has 6 heteroatoms. The highest BCUT2D eigenvalue weighted by Crippen LogP contribution is 2.45. The van der Waals surface area contributed by atoms with E-state index in [4.69, 9.17) is 0 Å². The number of carbonyl (C=O) groups excluding carboxylic acids is 1. The first-order valence-electron chi connectivity index (χ1n) is 6.66. The monoisotopic (exact) mass is 292 g/mol. The normalized spacial score (nSPS) is 25.8. The topological polar surface area (TPSA) is 70.5 Å². The molecule has 0 spiro atoms. The molecule has 3 rings (SSSR count). The molecule has 2 atom stereocenters. The Hall–Kier alpha value is -1.56. The molecule has 2 fully saturated rings. The van der Waals surface area contributed by atoms with Gasteiger partial charge in [-0.25, -0.2) is 4.79 Å². The SMILES string of the molecule is Cc1cncc(C(=O)N2C(C(=O)O)CSC2C2CC2)c1. The van der Waals surface area contributed by atoms with Crippen molar-refractivity contribution in [3.8, 4) is 0 Å². The van der Waals surface area contributed by atoms with E-state index in [0.717, 1.165) is 18.4 Å². The summed E-state index contributed by atoms with van der Waals surface area (Å²) in [5.74, 6) is -0.210. The number of aryl methyl sites for hydroxylation is 1. The number of carboxylic acid groups (broad SMARTS) is 1. The van der Waals surface area contributed by atoms with Crippen molar-refractivity contribution in [1.29, 1.82) is 0 Å². The molecule has 0 aromatic carbocycles. The van der Waals surface area contributed by atoms with E-state index in [0.29, 0.717) is 17.2 Å². The standard InChI is InChI=1S/C14H16N2O3S/c1-8-4-10(6-15-5-8)12(17)16-11(14(18)19)7-20-13(16)9-2-3-9/h4-6,9,11,13H,2-3,7H2,1H3,(H,18,19). The molecule has 5 nitrogen and oxygen atoms in total. The molecule has 1 saturated heterocycles. The maximum absolute atomic E-state index is 12.7. The Labute approximate surface area is 121 Å². The fourth-order valence-corrected chi connectivity index (χ4v) is 4.17. The number of hydrogen-bond donors (Lipinski definition) is 1. The van der Waals surface area contributed by atoms with Crippen LogP contribution < -0.4 is 0 Å². The molecule has 2 unspecified atom stereocenters. The van der Waals surface area contributed by atoms with Gasteiger partial charge in [-0.1, -0.05) is 0 Å². The number of carbonyl (C=O) groups is 2. The highest BCUT2D eigenvalue weighted by Gasteiger charge is 2.48. The van der Waals surface area contributed by atoms with Crippen molar-refractivity contribution in [3.05, 3.63) is 29.6 Å². The summed E-state index contributed by atoms with van der Waals surface area (Å²) in [5, 5.41) is 9.33. The van der Waals surface area contributed by atoms with Gasteiger partial charge in [-0.3, -0.25) is 9.78 Å². The second-order valence-corrected chi connectivity index (χ2v) is 6.53. The molecular formula is C14H16N2O3S. The van der Waals surface area contributed by atoms with Crippen molar-refractivity contribution >= 4 is 23.6 Å². The van der Waals surface area contributed by atoms with Crippen molar-refractivity contribution in [2.75, 3.05) is 5.75 Å². The lowest BCUT2D eigenvalue weighted by atomic mass is 10.1. The number of hydrogen-bond acceptors (Lipinski definition) is 4. The number of aliphatic carboxylic acids is 1. The molecule has 1 amide bonds. The number of carboxylic acids is 1. The minimum Gasteiger partial charge on any atom is -0.480 e. The Morgan fingerprint density at radius 3 is 2.75 bits per heavy atom. The van der Waals surface area contributed by atoms with E-state index in [1.807, 2.05) is 6.92 Å². The third-order valence-corrected chi connectivity index (χ3v) is 5.16. The Kier molecular flexibility index (Phi) is 3.41. The minimum atomic E-state index is -0.922. The smallest absolute Gasteiger partial charge is 0.327 e. The molecule has 1 N–H and O–H groups in total. The van der Waals surface area contributed by atoms with Crippen LogP contribution in [0.25, 0.3) is 0 Å². The number of pyridine rings is 1. The van der Waals surface area contributed by atoms with Crippen molar-refractivity contribution in [3.63, 3.8) is 0 Å². The molecule has 106 valence electrons. The lowest BCUT2D eigenvalue weighted by Crippen LogP contribution is -2.46. The first-order valence-corrected chi connectivity index (χ1v) is 7.71. The average Bonchev–Trinajstić information content (AvgIpc) is 3.16. The molecule has 2 heterocycles. The number of thioether (sulfide) groups is 1. The van der Waals surface area contributed by atoms with E-state index in [9.17, 15) is 14.7 Å². The summed E-state index contributed by atoms with van der Waals surface area (Å²) in [4.78, 5) is 29.6. The summed E-state index contributed by atoms with van der Waals surface area (Å²) < 4.78 is 0. The van der Waals surface area contributed by atoms with Crippen LogP contribution in [0.2, 0.25) is 0 Å². The van der Waals surface area contributed by atoms with Crippen LogP contribution in [0, 0.1) is 12.8 Å². The van der Waals surface area contributed by atoms with Gasteiger partial charge in [0.15, 0.2) is 0 Å². The number of rotatable bonds is 3. The van der Waals surface area contributed by atoms with Crippen LogP contribution in [-0.4, -0.2) is 44.0 Å². The van der Waals surface area contributed by atoms with Gasteiger partial charge >= 0.3 is 5.97 Å². The van der Waals surface area contributed by atoms with E-state index in [1.54, 1.807) is 28.9 Å². The Balaban J connectivity index is 1.90. The molecular weight excluding hydrogens is 276 g/mol. The van der Waals surface area contributed by atoms with Gasteiger partial charge in [-0.2, -0.15) is 0 Å². The molecule has 1 aromatic heterocycles. The first-order chi connectivity index (χ1) is 9.58. The lowest BCUT2D eigenvalue weighted by Gasteiger charge is -2.27. The second-order valence-electron chi connectivity index (χ2n) is 5.38. The maximum Gasteiger partial charge on any atom is 0.327 e. The molecule has 0 radical (unpaired) electrons. The Morgan fingerprint density at radius 2 is 2.15 bits per heavy atom. The van der Waals surface area contributed by atoms with Gasteiger partial charge in [-0.05, 0) is 37.3 Å². The van der Waals surface area contributed by atoms with Crippen LogP contribution in [0.5, 0.6) is 0 Å². The molecule has 1 saturated carbocycles. The van der Waals surface area contributed by atoms with Crippen LogP contribution in [-0.2, 0) is 4.79 Å². The third-order valence-electron chi connectivity index (χ3n) is 3.70. The lowest BCUT2D eigenvalue weighted by molar-refractivity contribution is -0.141. The summed E-state index contributed by atoms with van der Waals surface area (Å²) >= 11 is 1.59. The van der Waals surface area contributed by atoms with Crippen LogP contribution in [0.15, 0.2) is 18.5 Å². The van der Waals surface area contributed by atoms with Crippen molar-refractivity contribution in [2.24, 2.45) is 5.92 Å². The largest absolute Gasteiger partial charge is 0.480 e. The van der Waals surface area contributed by atoms with E-state index >= 15 is 0 Å². The van der Waals surface area contributed by atoms with E-state index in [2.05, 4.69) is 4.98 Å². The van der Waals surface area contributed by atoms with Crippen molar-refractivity contribution < 1.29 is 14.7 Å². The molecule has 0 bridgehead atoms. The van der Waals surface area contributed by atoms with E-state index in [1.165, 1.54) is 6.20 Å². The fourth-order valence-electron chi connectivity index (χ4n) is 2.54. The zero-order valence-electron chi connectivity index (χ0n) is 11.2. The summed E-state index contributed by atoms with van der Waals surface area (Å²) in [7, 11) is 0. The van der Waals surface area contributed by atoms with E-state index < -0.39 is 12.0 Å². The maximum atomic E-state index is 12.7. The highest BCUT2D eigenvalue weighted by molar-refractivity contribution is 8.00. The van der Waals surface area contributed by atoms with Gasteiger partial charge in [-0.15, -0.1) is 11.8 Å². The second kappa shape index (κ2) is 5.09. The van der Waals surface area contributed by atoms with Crippen LogP contribution in [0.3, 0.4) is 0 Å². The highest BCUT2D eigenvalue weighted by atomic mass is 32.2. The van der Waals surface area contributed by atoms with Gasteiger partial charge in [0.1, 0.15) is 6.04 Å². The summed E-state index contributed by atoms with van der Waals surface area (Å²) in [6, 6.07) is 1.04. The van der Waals surface area contributed by atoms with E-state index in [-0.39, 0.29) is 11.3 Å². The van der Waals surface area contributed by atoms with Crippen molar-refractivity contribution in [1.82, 2.24) is 9.88 Å². The van der Waals surface area contributed by atoms with Crippen molar-refractivity contribution in [2.45, 2.75) is 31.2 Å². The summed E-state index contributed by atoms with van der Waals surface area (Å²) in [6.45, 7) is 1.87. The zero-order chi connectivity index (χ0) is 14.3. The fraction of sp³-hybridized carbons (Fsp3) is 0.500. The first kappa shape index (κ1) is 13.4. The van der Waals surface area contributed by atoms with Crippen LogP contribution in [0.4, 0.5) is 0 Å². The summed E-state index contributed by atoms with van der Waals surface area (Å²) in [5.41, 5.74) is 1.38. The average molecular weight is 292 g/mol. The number of aromatic nitrogens is 1. The van der Waals surface area contributed by atoms with Crippen LogP contribution in [0.1, 0.15) is 28.8 Å². The molecule has 1 aliphatic carbocycles. The predicted molar refractivity (Wildman–Crippen MR) is 75.5 cm³/mol.